The van der Waals surface area contributed by atoms with Crippen LogP contribution in [0.15, 0.2) is 0 Å². The Labute approximate surface area is 127 Å². The van der Waals surface area contributed by atoms with Crippen molar-refractivity contribution in [2.45, 2.75) is 58.6 Å². The molecule has 0 saturated carbocycles. The average molecular weight is 303 g/mol. The molecule has 0 heterocycles. The van der Waals surface area contributed by atoms with E-state index in [1.807, 2.05) is 13.8 Å². The van der Waals surface area contributed by atoms with E-state index in [2.05, 4.69) is 25.4 Å². The topological polar surface area (TPSA) is 66.4 Å². The first-order chi connectivity index (χ1) is 9.17. The second kappa shape index (κ2) is 7.91. The van der Waals surface area contributed by atoms with E-state index in [1.54, 1.807) is 18.7 Å². The monoisotopic (exact) mass is 303 g/mol. The first-order valence-corrected chi connectivity index (χ1v) is 8.45. The van der Waals surface area contributed by atoms with Crippen molar-refractivity contribution in [2.75, 3.05) is 12.8 Å². The number of aliphatic carboxylic acids is 1. The van der Waals surface area contributed by atoms with Gasteiger partial charge in [-0.3, -0.25) is 9.59 Å². The molecule has 118 valence electrons. The summed E-state index contributed by atoms with van der Waals surface area (Å²) in [5, 5.41) is 12.3. The van der Waals surface area contributed by atoms with E-state index in [-0.39, 0.29) is 23.0 Å². The van der Waals surface area contributed by atoms with Crippen LogP contribution in [0.2, 0.25) is 0 Å². The molecule has 0 aliphatic carbocycles. The highest BCUT2D eigenvalue weighted by Crippen LogP contribution is 2.32. The molecule has 0 spiro atoms. The van der Waals surface area contributed by atoms with Gasteiger partial charge in [-0.2, -0.15) is 11.8 Å². The summed E-state index contributed by atoms with van der Waals surface area (Å²) in [6, 6.07) is 0. The minimum Gasteiger partial charge on any atom is -0.481 e. The number of carboxylic acids is 1. The van der Waals surface area contributed by atoms with Gasteiger partial charge in [-0.25, -0.2) is 0 Å². The highest BCUT2D eigenvalue weighted by atomic mass is 32.2. The van der Waals surface area contributed by atoms with Gasteiger partial charge >= 0.3 is 5.97 Å². The van der Waals surface area contributed by atoms with Crippen LogP contribution in [-0.2, 0) is 9.59 Å². The summed E-state index contributed by atoms with van der Waals surface area (Å²) >= 11 is 1.76. The molecular formula is C15H29NO3S. The normalized spacial score (nSPS) is 14.9. The Kier molecular flexibility index (Phi) is 7.63. The second-order valence-corrected chi connectivity index (χ2v) is 7.20. The Balaban J connectivity index is 4.68. The Bertz CT molecular complexity index is 332. The Morgan fingerprint density at radius 3 is 2.05 bits per heavy atom. The molecule has 1 amide bonds. The molecule has 0 aromatic carbocycles. The average Bonchev–Trinajstić information content (AvgIpc) is 2.40. The molecular weight excluding hydrogens is 274 g/mol. The van der Waals surface area contributed by atoms with Gasteiger partial charge in [-0.1, -0.05) is 27.7 Å². The quantitative estimate of drug-likeness (QED) is 0.686. The van der Waals surface area contributed by atoms with Gasteiger partial charge in [-0.15, -0.1) is 0 Å². The first-order valence-electron chi connectivity index (χ1n) is 7.22. The van der Waals surface area contributed by atoms with E-state index in [0.717, 1.165) is 12.8 Å². The fraction of sp³-hybridized carbons (Fsp3) is 0.867. The molecule has 0 aliphatic heterocycles. The van der Waals surface area contributed by atoms with Crippen LogP contribution in [0.4, 0.5) is 0 Å². The van der Waals surface area contributed by atoms with Gasteiger partial charge < -0.3 is 10.4 Å². The molecule has 20 heavy (non-hydrogen) atoms. The van der Waals surface area contributed by atoms with Crippen molar-refractivity contribution >= 4 is 23.6 Å². The maximum atomic E-state index is 12.1. The van der Waals surface area contributed by atoms with E-state index >= 15 is 0 Å². The van der Waals surface area contributed by atoms with Crippen molar-refractivity contribution in [3.63, 3.8) is 0 Å². The summed E-state index contributed by atoms with van der Waals surface area (Å²) in [5.74, 6) is -1.18. The lowest BCUT2D eigenvalue weighted by atomic mass is 9.76. The first kappa shape index (κ1) is 19.3. The fourth-order valence-corrected chi connectivity index (χ4v) is 2.84. The lowest BCUT2D eigenvalue weighted by molar-refractivity contribution is -0.153. The lowest BCUT2D eigenvalue weighted by Gasteiger charge is -2.32. The van der Waals surface area contributed by atoms with E-state index in [4.69, 9.17) is 0 Å². The third kappa shape index (κ3) is 4.69. The molecule has 0 bridgehead atoms. The van der Waals surface area contributed by atoms with Crippen molar-refractivity contribution in [1.82, 2.24) is 5.32 Å². The van der Waals surface area contributed by atoms with E-state index in [0.29, 0.717) is 6.54 Å². The summed E-state index contributed by atoms with van der Waals surface area (Å²) < 4.78 is 0.0487. The SMILES string of the molecule is CCC(CC)(CNC(=O)CC(C)(C(=O)O)C(C)C)SC. The summed E-state index contributed by atoms with van der Waals surface area (Å²) in [5.41, 5.74) is -1.01. The molecule has 0 radical (unpaired) electrons. The molecule has 0 aliphatic rings. The van der Waals surface area contributed by atoms with Crippen LogP contribution in [0.5, 0.6) is 0 Å². The number of hydrogen-bond acceptors (Lipinski definition) is 3. The van der Waals surface area contributed by atoms with Crippen LogP contribution in [-0.4, -0.2) is 34.5 Å². The molecule has 1 atom stereocenters. The molecule has 0 saturated heterocycles. The number of hydrogen-bond donors (Lipinski definition) is 2. The molecule has 0 aromatic rings. The predicted octanol–water partition coefficient (Wildman–Crippen LogP) is 3.16. The van der Waals surface area contributed by atoms with Gasteiger partial charge in [0.1, 0.15) is 0 Å². The summed E-state index contributed by atoms with van der Waals surface area (Å²) in [7, 11) is 0. The van der Waals surface area contributed by atoms with E-state index in [1.165, 1.54) is 0 Å². The Morgan fingerprint density at radius 1 is 1.25 bits per heavy atom. The zero-order chi connectivity index (χ0) is 16.0. The van der Waals surface area contributed by atoms with Crippen molar-refractivity contribution in [2.24, 2.45) is 11.3 Å². The standard InChI is InChI=1S/C15H29NO3S/c1-7-15(8-2,20-6)10-16-12(17)9-14(5,11(3)4)13(18)19/h11H,7-10H2,1-6H3,(H,16,17)(H,18,19). The number of amides is 1. The molecule has 1 unspecified atom stereocenters. The highest BCUT2D eigenvalue weighted by molar-refractivity contribution is 8.00. The zero-order valence-electron chi connectivity index (χ0n) is 13.6. The van der Waals surface area contributed by atoms with Crippen molar-refractivity contribution in [3.05, 3.63) is 0 Å². The van der Waals surface area contributed by atoms with Crippen LogP contribution in [0.1, 0.15) is 53.9 Å². The highest BCUT2D eigenvalue weighted by Gasteiger charge is 2.39. The number of thioether (sulfide) groups is 1. The van der Waals surface area contributed by atoms with Crippen LogP contribution >= 0.6 is 11.8 Å². The van der Waals surface area contributed by atoms with Crippen LogP contribution in [0, 0.1) is 11.3 Å². The minimum absolute atomic E-state index is 0.0257. The van der Waals surface area contributed by atoms with Crippen LogP contribution < -0.4 is 5.32 Å². The number of nitrogens with one attached hydrogen (secondary N) is 1. The molecule has 0 aromatic heterocycles. The largest absolute Gasteiger partial charge is 0.481 e. The van der Waals surface area contributed by atoms with Crippen LogP contribution in [0.3, 0.4) is 0 Å². The Morgan fingerprint density at radius 2 is 1.75 bits per heavy atom. The minimum atomic E-state index is -1.01. The molecule has 4 nitrogen and oxygen atoms in total. The summed E-state index contributed by atoms with van der Waals surface area (Å²) in [4.78, 5) is 23.5. The number of carbonyl (C=O) groups excluding carboxylic acids is 1. The molecule has 2 N–H and O–H groups in total. The maximum absolute atomic E-state index is 12.1. The maximum Gasteiger partial charge on any atom is 0.310 e. The molecule has 5 heteroatoms. The van der Waals surface area contributed by atoms with Crippen molar-refractivity contribution < 1.29 is 14.7 Å². The van der Waals surface area contributed by atoms with Crippen LogP contribution in [0.25, 0.3) is 0 Å². The summed E-state index contributed by atoms with van der Waals surface area (Å²) in [6.07, 6.45) is 4.03. The lowest BCUT2D eigenvalue weighted by Crippen LogP contribution is -2.43. The summed E-state index contributed by atoms with van der Waals surface area (Å²) in [6.45, 7) is 10.1. The number of carboxylic acid groups (broad SMARTS) is 1. The van der Waals surface area contributed by atoms with Gasteiger partial charge in [0.15, 0.2) is 0 Å². The molecule has 0 rings (SSSR count). The van der Waals surface area contributed by atoms with Gasteiger partial charge in [-0.05, 0) is 31.9 Å². The van der Waals surface area contributed by atoms with Crippen molar-refractivity contribution in [1.29, 1.82) is 0 Å². The molecule has 0 fully saturated rings. The number of carbonyl (C=O) groups is 2. The smallest absolute Gasteiger partial charge is 0.310 e. The third-order valence-electron chi connectivity index (χ3n) is 4.62. The van der Waals surface area contributed by atoms with Crippen molar-refractivity contribution in [3.8, 4) is 0 Å². The van der Waals surface area contributed by atoms with Gasteiger partial charge in [0.2, 0.25) is 5.91 Å². The van der Waals surface area contributed by atoms with Gasteiger partial charge in [0.05, 0.1) is 5.41 Å². The zero-order valence-corrected chi connectivity index (χ0v) is 14.4. The van der Waals surface area contributed by atoms with Gasteiger partial charge in [0, 0.05) is 17.7 Å². The fourth-order valence-electron chi connectivity index (χ4n) is 2.04. The Hall–Kier alpha value is -0.710. The number of rotatable bonds is 9. The van der Waals surface area contributed by atoms with E-state index < -0.39 is 11.4 Å². The third-order valence-corrected chi connectivity index (χ3v) is 6.21. The van der Waals surface area contributed by atoms with Gasteiger partial charge in [0.25, 0.3) is 0 Å². The predicted molar refractivity (Wildman–Crippen MR) is 85.0 cm³/mol. The van der Waals surface area contributed by atoms with E-state index in [9.17, 15) is 14.7 Å². The second-order valence-electron chi connectivity index (χ2n) is 5.93.